The molecule has 1 N–H and O–H groups in total. The van der Waals surface area contributed by atoms with Crippen molar-refractivity contribution in [2.45, 2.75) is 13.8 Å². The molecule has 0 aliphatic carbocycles. The molecular weight excluding hydrogens is 376 g/mol. The summed E-state index contributed by atoms with van der Waals surface area (Å²) in [7, 11) is 1.34. The van der Waals surface area contributed by atoms with Crippen molar-refractivity contribution in [3.63, 3.8) is 0 Å². The summed E-state index contributed by atoms with van der Waals surface area (Å²) in [5, 5.41) is 3.57. The Morgan fingerprint density at radius 2 is 1.89 bits per heavy atom. The van der Waals surface area contributed by atoms with Crippen LogP contribution in [0.4, 0.5) is 23.1 Å². The number of ether oxygens (including phenoxy) is 1. The molecule has 0 saturated heterocycles. The molecule has 0 radical (unpaired) electrons. The zero-order chi connectivity index (χ0) is 20.1. The van der Waals surface area contributed by atoms with Gasteiger partial charge < -0.3 is 15.0 Å². The molecular formula is C21H21ClN4O2. The highest BCUT2D eigenvalue weighted by Crippen LogP contribution is 2.28. The van der Waals surface area contributed by atoms with E-state index in [1.165, 1.54) is 7.11 Å². The Kier molecular flexibility index (Phi) is 6.11. The molecule has 0 spiro atoms. The Bertz CT molecular complexity index is 979. The fourth-order valence-corrected chi connectivity index (χ4v) is 2.98. The highest BCUT2D eigenvalue weighted by molar-refractivity contribution is 6.33. The third-order valence-electron chi connectivity index (χ3n) is 4.14. The molecule has 0 aliphatic rings. The van der Waals surface area contributed by atoms with E-state index in [0.717, 1.165) is 23.7 Å². The standard InChI is InChI=1S/C21H21ClN4O2/c1-4-26(16-8-6-5-7-9-16)19-12-14(2)23-21(25-19)24-18-13-15(20(27)28-3)10-11-17(18)22/h5-13H,4H2,1-3H3,(H,23,24,25). The molecule has 144 valence electrons. The number of carbonyl (C=O) groups excluding carboxylic acids is 1. The molecule has 0 aliphatic heterocycles. The first kappa shape index (κ1) is 19.6. The summed E-state index contributed by atoms with van der Waals surface area (Å²) in [4.78, 5) is 23.0. The van der Waals surface area contributed by atoms with Crippen molar-refractivity contribution in [3.8, 4) is 0 Å². The lowest BCUT2D eigenvalue weighted by molar-refractivity contribution is 0.0601. The van der Waals surface area contributed by atoms with E-state index < -0.39 is 5.97 Å². The normalized spacial score (nSPS) is 10.4. The van der Waals surface area contributed by atoms with Crippen molar-refractivity contribution < 1.29 is 9.53 Å². The predicted octanol–water partition coefficient (Wildman–Crippen LogP) is 5.13. The maximum Gasteiger partial charge on any atom is 0.337 e. The summed E-state index contributed by atoms with van der Waals surface area (Å²) in [5.41, 5.74) is 2.77. The van der Waals surface area contributed by atoms with Crippen molar-refractivity contribution >= 4 is 40.7 Å². The summed E-state index contributed by atoms with van der Waals surface area (Å²) in [5.74, 6) is 0.726. The molecule has 28 heavy (non-hydrogen) atoms. The molecule has 0 fully saturated rings. The fraction of sp³-hybridized carbons (Fsp3) is 0.190. The summed E-state index contributed by atoms with van der Waals surface area (Å²) in [6.45, 7) is 4.72. The van der Waals surface area contributed by atoms with Crippen LogP contribution in [0.1, 0.15) is 23.0 Å². The number of nitrogens with zero attached hydrogens (tertiary/aromatic N) is 3. The number of rotatable bonds is 6. The number of para-hydroxylation sites is 1. The van der Waals surface area contributed by atoms with Crippen molar-refractivity contribution in [3.05, 3.63) is 70.9 Å². The third kappa shape index (κ3) is 4.40. The van der Waals surface area contributed by atoms with Gasteiger partial charge in [-0.3, -0.25) is 0 Å². The maximum atomic E-state index is 11.8. The van der Waals surface area contributed by atoms with Crippen LogP contribution in [0.2, 0.25) is 5.02 Å². The van der Waals surface area contributed by atoms with Gasteiger partial charge in [0.15, 0.2) is 0 Å². The van der Waals surface area contributed by atoms with Crippen LogP contribution in [0.15, 0.2) is 54.6 Å². The second-order valence-electron chi connectivity index (χ2n) is 6.08. The summed E-state index contributed by atoms with van der Waals surface area (Å²) in [6, 6.07) is 16.8. The average Bonchev–Trinajstić information content (AvgIpc) is 2.70. The molecule has 7 heteroatoms. The second kappa shape index (κ2) is 8.71. The molecule has 0 bridgehead atoms. The topological polar surface area (TPSA) is 67.4 Å². The van der Waals surface area contributed by atoms with Crippen LogP contribution in [0, 0.1) is 6.92 Å². The van der Waals surface area contributed by atoms with Crippen molar-refractivity contribution in [2.24, 2.45) is 0 Å². The minimum absolute atomic E-state index is 0.391. The van der Waals surface area contributed by atoms with Crippen LogP contribution in [0.5, 0.6) is 0 Å². The molecule has 0 atom stereocenters. The minimum atomic E-state index is -0.438. The van der Waals surface area contributed by atoms with Gasteiger partial charge >= 0.3 is 5.97 Å². The van der Waals surface area contributed by atoms with E-state index in [0.29, 0.717) is 22.2 Å². The van der Waals surface area contributed by atoms with Crippen molar-refractivity contribution in [2.75, 3.05) is 23.9 Å². The Morgan fingerprint density at radius 1 is 1.14 bits per heavy atom. The van der Waals surface area contributed by atoms with Gasteiger partial charge in [-0.15, -0.1) is 0 Å². The van der Waals surface area contributed by atoms with Crippen LogP contribution in [0.25, 0.3) is 0 Å². The molecule has 6 nitrogen and oxygen atoms in total. The number of halogens is 1. The van der Waals surface area contributed by atoms with Gasteiger partial charge in [0.05, 0.1) is 23.4 Å². The predicted molar refractivity (Wildman–Crippen MR) is 112 cm³/mol. The number of anilines is 4. The number of nitrogens with one attached hydrogen (secondary N) is 1. The Hall–Kier alpha value is -3.12. The molecule has 3 aromatic rings. The molecule has 0 saturated carbocycles. The summed E-state index contributed by atoms with van der Waals surface area (Å²) >= 11 is 6.28. The van der Waals surface area contributed by atoms with Gasteiger partial charge in [-0.25, -0.2) is 9.78 Å². The van der Waals surface area contributed by atoms with E-state index in [4.69, 9.17) is 16.3 Å². The van der Waals surface area contributed by atoms with Crippen LogP contribution in [-0.4, -0.2) is 29.6 Å². The lowest BCUT2D eigenvalue weighted by Crippen LogP contribution is -2.18. The minimum Gasteiger partial charge on any atom is -0.465 e. The lowest BCUT2D eigenvalue weighted by atomic mass is 10.2. The number of hydrogen-bond acceptors (Lipinski definition) is 6. The van der Waals surface area contributed by atoms with Crippen LogP contribution < -0.4 is 10.2 Å². The smallest absolute Gasteiger partial charge is 0.337 e. The highest BCUT2D eigenvalue weighted by Gasteiger charge is 2.13. The number of aromatic nitrogens is 2. The van der Waals surface area contributed by atoms with Crippen LogP contribution in [0.3, 0.4) is 0 Å². The zero-order valence-electron chi connectivity index (χ0n) is 15.9. The number of esters is 1. The van der Waals surface area contributed by atoms with E-state index in [2.05, 4.69) is 27.1 Å². The first-order valence-corrected chi connectivity index (χ1v) is 9.22. The van der Waals surface area contributed by atoms with Gasteiger partial charge in [0.25, 0.3) is 0 Å². The first-order valence-electron chi connectivity index (χ1n) is 8.85. The van der Waals surface area contributed by atoms with Gasteiger partial charge in [-0.05, 0) is 44.2 Å². The Balaban J connectivity index is 1.95. The Morgan fingerprint density at radius 3 is 2.57 bits per heavy atom. The monoisotopic (exact) mass is 396 g/mol. The average molecular weight is 397 g/mol. The van der Waals surface area contributed by atoms with Gasteiger partial charge in [-0.1, -0.05) is 29.8 Å². The lowest BCUT2D eigenvalue weighted by Gasteiger charge is -2.23. The quantitative estimate of drug-likeness (QED) is 0.583. The van der Waals surface area contributed by atoms with Crippen molar-refractivity contribution in [1.29, 1.82) is 0 Å². The number of methoxy groups -OCH3 is 1. The SMILES string of the molecule is CCN(c1ccccc1)c1cc(C)nc(Nc2cc(C(=O)OC)ccc2Cl)n1. The molecule has 0 unspecified atom stereocenters. The van der Waals surface area contributed by atoms with E-state index in [-0.39, 0.29) is 0 Å². The van der Waals surface area contributed by atoms with Gasteiger partial charge in [0.1, 0.15) is 5.82 Å². The molecule has 2 aromatic carbocycles. The van der Waals surface area contributed by atoms with Gasteiger partial charge in [0.2, 0.25) is 5.95 Å². The number of carbonyl (C=O) groups is 1. The highest BCUT2D eigenvalue weighted by atomic mass is 35.5. The zero-order valence-corrected chi connectivity index (χ0v) is 16.7. The van der Waals surface area contributed by atoms with E-state index in [1.54, 1.807) is 18.2 Å². The van der Waals surface area contributed by atoms with Gasteiger partial charge in [-0.2, -0.15) is 4.98 Å². The molecule has 3 rings (SSSR count). The first-order chi connectivity index (χ1) is 13.5. The van der Waals surface area contributed by atoms with E-state index >= 15 is 0 Å². The molecule has 0 amide bonds. The molecule has 1 aromatic heterocycles. The second-order valence-corrected chi connectivity index (χ2v) is 6.49. The molecule has 1 heterocycles. The summed E-state index contributed by atoms with van der Waals surface area (Å²) in [6.07, 6.45) is 0. The van der Waals surface area contributed by atoms with Crippen LogP contribution >= 0.6 is 11.6 Å². The number of hydrogen-bond donors (Lipinski definition) is 1. The van der Waals surface area contributed by atoms with E-state index in [1.807, 2.05) is 43.3 Å². The maximum absolute atomic E-state index is 11.8. The summed E-state index contributed by atoms with van der Waals surface area (Å²) < 4.78 is 4.77. The number of benzene rings is 2. The van der Waals surface area contributed by atoms with Crippen molar-refractivity contribution in [1.82, 2.24) is 9.97 Å². The van der Waals surface area contributed by atoms with E-state index in [9.17, 15) is 4.79 Å². The fourth-order valence-electron chi connectivity index (χ4n) is 2.82. The largest absolute Gasteiger partial charge is 0.465 e. The van der Waals surface area contributed by atoms with Crippen LogP contribution in [-0.2, 0) is 4.74 Å². The van der Waals surface area contributed by atoms with Gasteiger partial charge in [0, 0.05) is 24.0 Å². The Labute approximate surface area is 169 Å². The number of aryl methyl sites for hydroxylation is 1. The third-order valence-corrected chi connectivity index (χ3v) is 4.46.